The molecule has 146 valence electrons. The van der Waals surface area contributed by atoms with Crippen LogP contribution in [0.25, 0.3) is 0 Å². The lowest BCUT2D eigenvalue weighted by atomic mass is 9.95. The number of piperidine rings is 1. The molecule has 4 rings (SSSR count). The molecule has 1 fully saturated rings. The van der Waals surface area contributed by atoms with Crippen LogP contribution >= 0.6 is 0 Å². The van der Waals surface area contributed by atoms with Crippen molar-refractivity contribution in [2.45, 2.75) is 30.7 Å². The number of carbonyl (C=O) groups is 1. The number of nitrogens with zero attached hydrogens (tertiary/aromatic N) is 3. The lowest BCUT2D eigenvalue weighted by Crippen LogP contribution is -2.43. The van der Waals surface area contributed by atoms with Crippen molar-refractivity contribution >= 4 is 21.8 Å². The molecule has 28 heavy (non-hydrogen) atoms. The zero-order valence-corrected chi connectivity index (χ0v) is 16.4. The molecule has 1 N–H and O–H groups in total. The summed E-state index contributed by atoms with van der Waals surface area (Å²) in [5, 5.41) is 3.03. The molecule has 1 aromatic carbocycles. The lowest BCUT2D eigenvalue weighted by molar-refractivity contribution is -0.126. The number of rotatable bonds is 3. The molecule has 1 amide bonds. The molecule has 3 heterocycles. The van der Waals surface area contributed by atoms with Crippen molar-refractivity contribution < 1.29 is 13.2 Å². The van der Waals surface area contributed by atoms with E-state index in [1.807, 2.05) is 36.1 Å². The first-order valence-electron chi connectivity index (χ1n) is 9.36. The van der Waals surface area contributed by atoms with Gasteiger partial charge in [-0.3, -0.25) is 9.78 Å². The summed E-state index contributed by atoms with van der Waals surface area (Å²) in [5.41, 5.74) is 1.48. The lowest BCUT2D eigenvalue weighted by Gasteiger charge is -2.33. The molecule has 1 aromatic heterocycles. The molecule has 2 aromatic rings. The summed E-state index contributed by atoms with van der Waals surface area (Å²) in [6.07, 6.45) is 3.02. The topological polar surface area (TPSA) is 91.7 Å². The van der Waals surface area contributed by atoms with Crippen LogP contribution in [0.15, 0.2) is 58.0 Å². The third-order valence-electron chi connectivity index (χ3n) is 5.27. The number of likely N-dealkylation sites (tertiary alicyclic amines) is 1. The largest absolute Gasteiger partial charge is 0.355 e. The Balaban J connectivity index is 1.40. The minimum absolute atomic E-state index is 0.0131. The predicted molar refractivity (Wildman–Crippen MR) is 105 cm³/mol. The summed E-state index contributed by atoms with van der Waals surface area (Å²) in [6.45, 7) is 3.11. The van der Waals surface area contributed by atoms with Crippen molar-refractivity contribution in [1.29, 1.82) is 0 Å². The van der Waals surface area contributed by atoms with Gasteiger partial charge in [0.15, 0.2) is 5.84 Å². The fourth-order valence-electron chi connectivity index (χ4n) is 3.71. The van der Waals surface area contributed by atoms with Crippen LogP contribution in [0.4, 0.5) is 0 Å². The van der Waals surface area contributed by atoms with Gasteiger partial charge >= 0.3 is 0 Å². The average molecular weight is 398 g/mol. The summed E-state index contributed by atoms with van der Waals surface area (Å²) >= 11 is 0. The number of hydrogen-bond donors (Lipinski definition) is 1. The van der Waals surface area contributed by atoms with E-state index in [2.05, 4.69) is 14.7 Å². The number of fused-ring (bicyclic) bond motifs is 1. The number of hydrogen-bond acceptors (Lipinski definition) is 5. The molecule has 1 saturated heterocycles. The Bertz CT molecular complexity index is 1010. The summed E-state index contributed by atoms with van der Waals surface area (Å²) in [7, 11) is -3.62. The zero-order chi connectivity index (χ0) is 19.7. The second-order valence-electron chi connectivity index (χ2n) is 7.13. The second-order valence-corrected chi connectivity index (χ2v) is 8.70. The molecule has 8 heteroatoms. The standard InChI is InChI=1S/C20H22N4O3S/c1-14(17-7-4-5-11-21-17)22-20(25)15-9-12-24(13-10-15)19-16-6-2-3-8-18(16)28(26,27)23-19/h2-8,11,14-15H,9-10,12-13H2,1H3,(H,22,25). The maximum atomic E-state index is 12.6. The molecular weight excluding hydrogens is 376 g/mol. The molecule has 0 aliphatic carbocycles. The molecule has 0 radical (unpaired) electrons. The number of aromatic nitrogens is 1. The van der Waals surface area contributed by atoms with E-state index in [4.69, 9.17) is 0 Å². The third-order valence-corrected chi connectivity index (χ3v) is 6.59. The van der Waals surface area contributed by atoms with Crippen molar-refractivity contribution in [3.8, 4) is 0 Å². The molecular formula is C20H22N4O3S. The second kappa shape index (κ2) is 7.35. The van der Waals surface area contributed by atoms with Crippen LogP contribution in [0.5, 0.6) is 0 Å². The summed E-state index contributed by atoms with van der Waals surface area (Å²) in [6, 6.07) is 12.4. The van der Waals surface area contributed by atoms with E-state index in [1.165, 1.54) is 0 Å². The first kappa shape index (κ1) is 18.6. The van der Waals surface area contributed by atoms with E-state index >= 15 is 0 Å². The van der Waals surface area contributed by atoms with E-state index < -0.39 is 10.0 Å². The molecule has 7 nitrogen and oxygen atoms in total. The Hall–Kier alpha value is -2.74. The van der Waals surface area contributed by atoms with Crippen LogP contribution < -0.4 is 5.32 Å². The number of carbonyl (C=O) groups excluding carboxylic acids is 1. The van der Waals surface area contributed by atoms with Crippen LogP contribution in [0.1, 0.15) is 37.1 Å². The highest BCUT2D eigenvalue weighted by atomic mass is 32.2. The minimum Gasteiger partial charge on any atom is -0.355 e. The van der Waals surface area contributed by atoms with E-state index in [0.29, 0.717) is 37.3 Å². The van der Waals surface area contributed by atoms with Crippen molar-refractivity contribution in [2.24, 2.45) is 10.3 Å². The van der Waals surface area contributed by atoms with Gasteiger partial charge in [0, 0.05) is 30.8 Å². The average Bonchev–Trinajstić information content (AvgIpc) is 3.00. The van der Waals surface area contributed by atoms with Crippen LogP contribution in [-0.2, 0) is 14.8 Å². The Kier molecular flexibility index (Phi) is 4.89. The van der Waals surface area contributed by atoms with Gasteiger partial charge in [-0.1, -0.05) is 18.2 Å². The van der Waals surface area contributed by atoms with Crippen LogP contribution in [0.3, 0.4) is 0 Å². The number of benzene rings is 1. The number of sulfonamides is 1. The van der Waals surface area contributed by atoms with Gasteiger partial charge in [0.2, 0.25) is 5.91 Å². The Morgan fingerprint density at radius 3 is 2.57 bits per heavy atom. The fraction of sp³-hybridized carbons (Fsp3) is 0.350. The highest BCUT2D eigenvalue weighted by molar-refractivity contribution is 7.90. The fourth-order valence-corrected chi connectivity index (χ4v) is 4.93. The van der Waals surface area contributed by atoms with Crippen molar-refractivity contribution in [1.82, 2.24) is 15.2 Å². The van der Waals surface area contributed by atoms with Crippen LogP contribution in [0, 0.1) is 5.92 Å². The summed E-state index contributed by atoms with van der Waals surface area (Å²) < 4.78 is 28.5. The monoisotopic (exact) mass is 398 g/mol. The molecule has 0 saturated carbocycles. The molecule has 1 unspecified atom stereocenters. The van der Waals surface area contributed by atoms with E-state index in [9.17, 15) is 13.2 Å². The highest BCUT2D eigenvalue weighted by Crippen LogP contribution is 2.29. The number of pyridine rings is 1. The summed E-state index contributed by atoms with van der Waals surface area (Å²) in [4.78, 5) is 19.1. The van der Waals surface area contributed by atoms with E-state index in [0.717, 1.165) is 5.69 Å². The maximum absolute atomic E-state index is 12.6. The van der Waals surface area contributed by atoms with Gasteiger partial charge in [0.05, 0.1) is 11.7 Å². The normalized spacial score (nSPS) is 19.6. The summed E-state index contributed by atoms with van der Waals surface area (Å²) in [5.74, 6) is 0.409. The van der Waals surface area contributed by atoms with E-state index in [-0.39, 0.29) is 22.8 Å². The van der Waals surface area contributed by atoms with Crippen molar-refractivity contribution in [2.75, 3.05) is 13.1 Å². The van der Waals surface area contributed by atoms with Gasteiger partial charge in [0.1, 0.15) is 4.90 Å². The maximum Gasteiger partial charge on any atom is 0.285 e. The molecule has 2 aliphatic heterocycles. The van der Waals surface area contributed by atoms with Gasteiger partial charge in [-0.05, 0) is 44.0 Å². The Morgan fingerprint density at radius 2 is 1.86 bits per heavy atom. The quantitative estimate of drug-likeness (QED) is 0.855. The highest BCUT2D eigenvalue weighted by Gasteiger charge is 2.34. The van der Waals surface area contributed by atoms with E-state index in [1.54, 1.807) is 24.4 Å². The molecule has 1 atom stereocenters. The Labute approximate surface area is 164 Å². The minimum atomic E-state index is -3.62. The van der Waals surface area contributed by atoms with Gasteiger partial charge in [0.25, 0.3) is 10.0 Å². The molecule has 2 aliphatic rings. The first-order valence-corrected chi connectivity index (χ1v) is 10.8. The number of nitrogens with one attached hydrogen (secondary N) is 1. The van der Waals surface area contributed by atoms with Gasteiger partial charge in [-0.25, -0.2) is 0 Å². The van der Waals surface area contributed by atoms with Crippen molar-refractivity contribution in [3.05, 3.63) is 59.9 Å². The van der Waals surface area contributed by atoms with Crippen LogP contribution in [0.2, 0.25) is 0 Å². The predicted octanol–water partition coefficient (Wildman–Crippen LogP) is 2.12. The first-order chi connectivity index (χ1) is 13.5. The SMILES string of the molecule is CC(NC(=O)C1CCN(C2=NS(=O)(=O)c3ccccc32)CC1)c1ccccn1. The van der Waals surface area contributed by atoms with Gasteiger partial charge in [-0.2, -0.15) is 8.42 Å². The van der Waals surface area contributed by atoms with Crippen LogP contribution in [-0.4, -0.2) is 43.1 Å². The molecule has 0 spiro atoms. The Morgan fingerprint density at radius 1 is 1.14 bits per heavy atom. The zero-order valence-electron chi connectivity index (χ0n) is 15.6. The van der Waals surface area contributed by atoms with Gasteiger partial charge in [-0.15, -0.1) is 4.40 Å². The van der Waals surface area contributed by atoms with Gasteiger partial charge < -0.3 is 10.2 Å². The van der Waals surface area contributed by atoms with Crippen molar-refractivity contribution in [3.63, 3.8) is 0 Å². The molecule has 0 bridgehead atoms. The third kappa shape index (κ3) is 3.52. The smallest absolute Gasteiger partial charge is 0.285 e. The number of amidine groups is 1. The number of amides is 1.